The maximum Gasteiger partial charge on any atom is 0.416 e. The third-order valence-electron chi connectivity index (χ3n) is 1.95. The van der Waals surface area contributed by atoms with E-state index < -0.39 is 11.7 Å². The van der Waals surface area contributed by atoms with E-state index in [9.17, 15) is 18.0 Å². The molecule has 0 aromatic heterocycles. The quantitative estimate of drug-likeness (QED) is 0.550. The van der Waals surface area contributed by atoms with Gasteiger partial charge in [-0.2, -0.15) is 18.2 Å². The van der Waals surface area contributed by atoms with Crippen LogP contribution in [0.15, 0.2) is 23.2 Å². The van der Waals surface area contributed by atoms with E-state index in [0.717, 1.165) is 12.1 Å². The Labute approximate surface area is 84.4 Å². The van der Waals surface area contributed by atoms with Gasteiger partial charge in [-0.15, -0.1) is 0 Å². The normalized spacial score (nSPS) is 10.9. The van der Waals surface area contributed by atoms with Gasteiger partial charge < -0.3 is 0 Å². The fourth-order valence-corrected chi connectivity index (χ4v) is 1.20. The Balaban J connectivity index is 3.25. The number of rotatable bonds is 2. The third-order valence-corrected chi connectivity index (χ3v) is 1.95. The second-order valence-corrected chi connectivity index (χ2v) is 2.90. The molecule has 0 unspecified atom stereocenters. The van der Waals surface area contributed by atoms with Gasteiger partial charge in [0.1, 0.15) is 0 Å². The number of hydrogen-bond donors (Lipinski definition) is 0. The SMILES string of the molecule is CCc1cc(C(F)(F)F)ccc1N=C=O. The first-order chi connectivity index (χ1) is 6.99. The molecule has 0 aliphatic carbocycles. The molecule has 15 heavy (non-hydrogen) atoms. The molecular formula is C10H8F3NO. The van der Waals surface area contributed by atoms with Crippen LogP contribution in [0.2, 0.25) is 0 Å². The number of aryl methyl sites for hydroxylation is 1. The van der Waals surface area contributed by atoms with Gasteiger partial charge in [0.25, 0.3) is 0 Å². The molecule has 0 saturated heterocycles. The summed E-state index contributed by atoms with van der Waals surface area (Å²) in [5.74, 6) is 0. The second-order valence-electron chi connectivity index (χ2n) is 2.90. The van der Waals surface area contributed by atoms with Crippen molar-refractivity contribution in [2.75, 3.05) is 0 Å². The summed E-state index contributed by atoms with van der Waals surface area (Å²) >= 11 is 0. The molecule has 0 radical (unpaired) electrons. The van der Waals surface area contributed by atoms with E-state index in [1.54, 1.807) is 6.92 Å². The standard InChI is InChI=1S/C10H8F3NO/c1-2-7-5-8(10(11,12)13)3-4-9(7)14-6-15/h3-5H,2H2,1H3. The van der Waals surface area contributed by atoms with Crippen LogP contribution >= 0.6 is 0 Å². The van der Waals surface area contributed by atoms with E-state index in [1.807, 2.05) is 0 Å². The maximum absolute atomic E-state index is 12.3. The van der Waals surface area contributed by atoms with Gasteiger partial charge in [0.2, 0.25) is 6.08 Å². The summed E-state index contributed by atoms with van der Waals surface area (Å²) in [4.78, 5) is 13.3. The highest BCUT2D eigenvalue weighted by atomic mass is 19.4. The molecule has 0 bridgehead atoms. The molecule has 1 rings (SSSR count). The van der Waals surface area contributed by atoms with Crippen molar-refractivity contribution in [3.63, 3.8) is 0 Å². The minimum Gasteiger partial charge on any atom is -0.211 e. The molecule has 2 nitrogen and oxygen atoms in total. The number of isocyanates is 1. The number of hydrogen-bond acceptors (Lipinski definition) is 2. The molecule has 1 aromatic carbocycles. The van der Waals surface area contributed by atoms with E-state index in [0.29, 0.717) is 12.0 Å². The second kappa shape index (κ2) is 4.28. The minimum atomic E-state index is -4.37. The smallest absolute Gasteiger partial charge is 0.211 e. The molecule has 1 aromatic rings. The fraction of sp³-hybridized carbons (Fsp3) is 0.300. The summed E-state index contributed by atoms with van der Waals surface area (Å²) in [6.45, 7) is 1.69. The Hall–Kier alpha value is -1.61. The molecule has 0 amide bonds. The molecular weight excluding hydrogens is 207 g/mol. The van der Waals surface area contributed by atoms with E-state index in [4.69, 9.17) is 0 Å². The van der Waals surface area contributed by atoms with Crippen molar-refractivity contribution in [1.82, 2.24) is 0 Å². The highest BCUT2D eigenvalue weighted by molar-refractivity contribution is 5.55. The molecule has 5 heteroatoms. The lowest BCUT2D eigenvalue weighted by Gasteiger charge is -2.09. The van der Waals surface area contributed by atoms with Crippen molar-refractivity contribution in [1.29, 1.82) is 0 Å². The fourth-order valence-electron chi connectivity index (χ4n) is 1.20. The van der Waals surface area contributed by atoms with Gasteiger partial charge in [0.05, 0.1) is 11.3 Å². The predicted molar refractivity (Wildman–Crippen MR) is 48.6 cm³/mol. The summed E-state index contributed by atoms with van der Waals surface area (Å²) in [6.07, 6.45) is -2.68. The summed E-state index contributed by atoms with van der Waals surface area (Å²) in [6, 6.07) is 3.07. The van der Waals surface area contributed by atoms with Crippen LogP contribution in [-0.2, 0) is 17.4 Å². The van der Waals surface area contributed by atoms with Gasteiger partial charge in [0.15, 0.2) is 0 Å². The highest BCUT2D eigenvalue weighted by Crippen LogP contribution is 2.32. The molecule has 0 N–H and O–H groups in total. The minimum absolute atomic E-state index is 0.237. The van der Waals surface area contributed by atoms with Gasteiger partial charge in [-0.3, -0.25) is 0 Å². The van der Waals surface area contributed by atoms with E-state index in [1.165, 1.54) is 12.1 Å². The van der Waals surface area contributed by atoms with Crippen molar-refractivity contribution < 1.29 is 18.0 Å². The van der Waals surface area contributed by atoms with Crippen LogP contribution in [0.5, 0.6) is 0 Å². The van der Waals surface area contributed by atoms with Crippen molar-refractivity contribution in [2.45, 2.75) is 19.5 Å². The van der Waals surface area contributed by atoms with Crippen LogP contribution in [-0.4, -0.2) is 6.08 Å². The monoisotopic (exact) mass is 215 g/mol. The summed E-state index contributed by atoms with van der Waals surface area (Å²) in [5.41, 5.74) is -0.113. The largest absolute Gasteiger partial charge is 0.416 e. The van der Waals surface area contributed by atoms with Crippen molar-refractivity contribution >= 4 is 11.8 Å². The molecule has 0 heterocycles. The Kier molecular flexibility index (Phi) is 3.27. The highest BCUT2D eigenvalue weighted by Gasteiger charge is 2.30. The van der Waals surface area contributed by atoms with Crippen molar-refractivity contribution in [2.24, 2.45) is 4.99 Å². The van der Waals surface area contributed by atoms with E-state index in [-0.39, 0.29) is 5.69 Å². The number of nitrogens with zero attached hydrogens (tertiary/aromatic N) is 1. The van der Waals surface area contributed by atoms with Crippen molar-refractivity contribution in [3.05, 3.63) is 29.3 Å². The average Bonchev–Trinajstić information content (AvgIpc) is 2.17. The number of aliphatic imine (C=N–C) groups is 1. The van der Waals surface area contributed by atoms with Crippen LogP contribution < -0.4 is 0 Å². The van der Waals surface area contributed by atoms with E-state index in [2.05, 4.69) is 4.99 Å². The Morgan fingerprint density at radius 3 is 2.53 bits per heavy atom. The van der Waals surface area contributed by atoms with Gasteiger partial charge in [-0.1, -0.05) is 6.92 Å². The molecule has 0 aliphatic rings. The zero-order valence-corrected chi connectivity index (χ0v) is 7.93. The lowest BCUT2D eigenvalue weighted by Crippen LogP contribution is -2.05. The topological polar surface area (TPSA) is 29.4 Å². The van der Waals surface area contributed by atoms with Gasteiger partial charge in [-0.05, 0) is 30.2 Å². The molecule has 0 spiro atoms. The van der Waals surface area contributed by atoms with E-state index >= 15 is 0 Å². The number of halogens is 3. The van der Waals surface area contributed by atoms with Crippen LogP contribution in [0.25, 0.3) is 0 Å². The molecule has 80 valence electrons. The summed E-state index contributed by atoms with van der Waals surface area (Å²) < 4.78 is 36.9. The van der Waals surface area contributed by atoms with Crippen LogP contribution in [0.4, 0.5) is 18.9 Å². The van der Waals surface area contributed by atoms with Gasteiger partial charge in [-0.25, -0.2) is 4.79 Å². The Morgan fingerprint density at radius 2 is 2.07 bits per heavy atom. The van der Waals surface area contributed by atoms with Crippen LogP contribution in [0.1, 0.15) is 18.1 Å². The van der Waals surface area contributed by atoms with Crippen molar-refractivity contribution in [3.8, 4) is 0 Å². The predicted octanol–water partition coefficient (Wildman–Crippen LogP) is 3.24. The Bertz CT molecular complexity index is 406. The average molecular weight is 215 g/mol. The number of alkyl halides is 3. The van der Waals surface area contributed by atoms with Crippen LogP contribution in [0.3, 0.4) is 0 Å². The Morgan fingerprint density at radius 1 is 1.40 bits per heavy atom. The lowest BCUT2D eigenvalue weighted by molar-refractivity contribution is -0.137. The first-order valence-electron chi connectivity index (χ1n) is 4.27. The molecule has 0 fully saturated rings. The molecule has 0 atom stereocenters. The molecule has 0 aliphatic heterocycles. The first-order valence-corrected chi connectivity index (χ1v) is 4.27. The number of benzene rings is 1. The van der Waals surface area contributed by atoms with Crippen LogP contribution in [0, 0.1) is 0 Å². The lowest BCUT2D eigenvalue weighted by atomic mass is 10.1. The summed E-state index contributed by atoms with van der Waals surface area (Å²) in [7, 11) is 0. The number of carbonyl (C=O) groups excluding carboxylic acids is 1. The zero-order valence-electron chi connectivity index (χ0n) is 7.93. The zero-order chi connectivity index (χ0) is 11.5. The van der Waals surface area contributed by atoms with Gasteiger partial charge >= 0.3 is 6.18 Å². The van der Waals surface area contributed by atoms with Gasteiger partial charge in [0, 0.05) is 0 Å². The first kappa shape index (κ1) is 11.5. The maximum atomic E-state index is 12.3. The third kappa shape index (κ3) is 2.67. The molecule has 0 saturated carbocycles. The summed E-state index contributed by atoms with van der Waals surface area (Å²) in [5, 5.41) is 0.